The summed E-state index contributed by atoms with van der Waals surface area (Å²) in [5.74, 6) is 2.27. The summed E-state index contributed by atoms with van der Waals surface area (Å²) in [4.78, 5) is 12.6. The molecule has 1 atom stereocenters. The molecule has 0 radical (unpaired) electrons. The van der Waals surface area contributed by atoms with Crippen molar-refractivity contribution in [2.45, 2.75) is 24.3 Å². The Bertz CT molecular complexity index is 883. The minimum atomic E-state index is -0.283. The van der Waals surface area contributed by atoms with E-state index in [1.165, 1.54) is 11.8 Å². The number of carbonyl (C=O) groups is 1. The maximum atomic E-state index is 12.6. The highest BCUT2D eigenvalue weighted by Crippen LogP contribution is 2.29. The van der Waals surface area contributed by atoms with Crippen molar-refractivity contribution in [2.75, 3.05) is 7.11 Å². The molecule has 6 nitrogen and oxygen atoms in total. The van der Waals surface area contributed by atoms with Crippen LogP contribution in [-0.4, -0.2) is 32.9 Å². The minimum absolute atomic E-state index is 0.0386. The van der Waals surface area contributed by atoms with Gasteiger partial charge in [0.15, 0.2) is 16.8 Å². The number of ether oxygens (including phenoxy) is 1. The Morgan fingerprint density at radius 1 is 1.24 bits per heavy atom. The number of hydrogen-bond donors (Lipinski definition) is 0. The molecule has 0 aliphatic heterocycles. The predicted molar refractivity (Wildman–Crippen MR) is 96.1 cm³/mol. The monoisotopic (exact) mass is 357 g/mol. The van der Waals surface area contributed by atoms with E-state index in [1.54, 1.807) is 37.6 Å². The molecule has 25 heavy (non-hydrogen) atoms. The van der Waals surface area contributed by atoms with Crippen LogP contribution in [0.3, 0.4) is 0 Å². The number of methoxy groups -OCH3 is 1. The third-order valence-corrected chi connectivity index (χ3v) is 5.09. The number of nitrogens with zero attached hydrogens (tertiary/aromatic N) is 3. The molecular weight excluding hydrogens is 338 g/mol. The van der Waals surface area contributed by atoms with Gasteiger partial charge in [-0.15, -0.1) is 10.2 Å². The highest BCUT2D eigenvalue weighted by molar-refractivity contribution is 8.00. The quantitative estimate of drug-likeness (QED) is 0.494. The summed E-state index contributed by atoms with van der Waals surface area (Å²) in [7, 11) is 3.48. The Labute approximate surface area is 150 Å². The molecule has 0 N–H and O–H groups in total. The highest BCUT2D eigenvalue weighted by Gasteiger charge is 2.21. The Hall–Kier alpha value is -2.54. The molecule has 0 spiro atoms. The summed E-state index contributed by atoms with van der Waals surface area (Å²) < 4.78 is 12.3. The Morgan fingerprint density at radius 3 is 2.56 bits per heavy atom. The number of hydrogen-bond acceptors (Lipinski definition) is 6. The molecule has 0 saturated heterocycles. The lowest BCUT2D eigenvalue weighted by molar-refractivity contribution is 0.0994. The van der Waals surface area contributed by atoms with Crippen LogP contribution in [0.15, 0.2) is 46.2 Å². The fourth-order valence-corrected chi connectivity index (χ4v) is 3.36. The highest BCUT2D eigenvalue weighted by atomic mass is 32.2. The van der Waals surface area contributed by atoms with E-state index in [0.29, 0.717) is 10.7 Å². The lowest BCUT2D eigenvalue weighted by Crippen LogP contribution is -2.14. The van der Waals surface area contributed by atoms with Crippen LogP contribution in [0.1, 0.15) is 23.0 Å². The van der Waals surface area contributed by atoms with E-state index in [9.17, 15) is 4.79 Å². The first-order valence-electron chi connectivity index (χ1n) is 7.80. The van der Waals surface area contributed by atoms with Crippen molar-refractivity contribution >= 4 is 17.5 Å². The first-order chi connectivity index (χ1) is 12.0. The number of ketones is 1. The van der Waals surface area contributed by atoms with Crippen molar-refractivity contribution in [3.63, 3.8) is 0 Å². The third-order valence-electron chi connectivity index (χ3n) is 3.96. The van der Waals surface area contributed by atoms with Gasteiger partial charge in [-0.2, -0.15) is 0 Å². The first kappa shape index (κ1) is 17.3. The maximum Gasteiger partial charge on any atom is 0.191 e. The number of aromatic nitrogens is 3. The SMILES string of the molecule is COc1ccc(C(=O)[C@H](C)Sc2nnc(-c3ccoc3C)n2C)cc1. The fourth-order valence-electron chi connectivity index (χ4n) is 2.47. The number of furan rings is 1. The second-order valence-electron chi connectivity index (χ2n) is 5.61. The summed E-state index contributed by atoms with van der Waals surface area (Å²) in [6, 6.07) is 8.98. The number of carbonyl (C=O) groups excluding carboxylic acids is 1. The van der Waals surface area contributed by atoms with Gasteiger partial charge in [-0.1, -0.05) is 11.8 Å². The Balaban J connectivity index is 1.76. The fraction of sp³-hybridized carbons (Fsp3) is 0.278. The first-order valence-corrected chi connectivity index (χ1v) is 8.68. The van der Waals surface area contributed by atoms with E-state index in [2.05, 4.69) is 10.2 Å². The Kier molecular flexibility index (Phi) is 4.94. The largest absolute Gasteiger partial charge is 0.497 e. The number of aryl methyl sites for hydroxylation is 1. The molecule has 0 amide bonds. The van der Waals surface area contributed by atoms with Gasteiger partial charge < -0.3 is 13.7 Å². The molecule has 2 aromatic heterocycles. The van der Waals surface area contributed by atoms with Crippen LogP contribution < -0.4 is 4.74 Å². The second kappa shape index (κ2) is 7.14. The lowest BCUT2D eigenvalue weighted by Gasteiger charge is -2.10. The van der Waals surface area contributed by atoms with Crippen molar-refractivity contribution in [2.24, 2.45) is 7.05 Å². The average molecular weight is 357 g/mol. The van der Waals surface area contributed by atoms with Crippen LogP contribution in [0.5, 0.6) is 5.75 Å². The number of benzene rings is 1. The van der Waals surface area contributed by atoms with Crippen molar-refractivity contribution in [3.8, 4) is 17.1 Å². The van der Waals surface area contributed by atoms with E-state index in [-0.39, 0.29) is 11.0 Å². The number of thioether (sulfide) groups is 1. The summed E-state index contributed by atoms with van der Waals surface area (Å²) in [6.45, 7) is 3.75. The van der Waals surface area contributed by atoms with Crippen molar-refractivity contribution < 1.29 is 13.9 Å². The number of rotatable bonds is 6. The molecule has 130 valence electrons. The predicted octanol–water partition coefficient (Wildman–Crippen LogP) is 3.76. The zero-order chi connectivity index (χ0) is 18.0. The van der Waals surface area contributed by atoms with Gasteiger partial charge in [-0.25, -0.2) is 0 Å². The van der Waals surface area contributed by atoms with Gasteiger partial charge in [0.25, 0.3) is 0 Å². The molecule has 3 aromatic rings. The van der Waals surface area contributed by atoms with Crippen LogP contribution in [0.25, 0.3) is 11.4 Å². The normalized spacial score (nSPS) is 12.2. The van der Waals surface area contributed by atoms with Gasteiger partial charge in [0.2, 0.25) is 0 Å². The zero-order valence-corrected chi connectivity index (χ0v) is 15.3. The zero-order valence-electron chi connectivity index (χ0n) is 14.5. The molecule has 7 heteroatoms. The molecule has 2 heterocycles. The minimum Gasteiger partial charge on any atom is -0.497 e. The molecule has 3 rings (SSSR count). The van der Waals surface area contributed by atoms with Crippen molar-refractivity contribution in [1.29, 1.82) is 0 Å². The lowest BCUT2D eigenvalue weighted by atomic mass is 10.1. The summed E-state index contributed by atoms with van der Waals surface area (Å²) in [5, 5.41) is 8.85. The summed E-state index contributed by atoms with van der Waals surface area (Å²) in [6.07, 6.45) is 1.63. The van der Waals surface area contributed by atoms with Gasteiger partial charge in [-0.3, -0.25) is 4.79 Å². The average Bonchev–Trinajstić information content (AvgIpc) is 3.20. The number of Topliss-reactive ketones (excluding diaryl/α,β-unsaturated/α-hetero) is 1. The molecule has 0 aliphatic rings. The van der Waals surface area contributed by atoms with Gasteiger partial charge in [0, 0.05) is 12.6 Å². The summed E-state index contributed by atoms with van der Waals surface area (Å²) in [5.41, 5.74) is 1.55. The Morgan fingerprint density at radius 2 is 1.96 bits per heavy atom. The van der Waals surface area contributed by atoms with Gasteiger partial charge in [-0.05, 0) is 44.2 Å². The van der Waals surface area contributed by atoms with Gasteiger partial charge in [0.1, 0.15) is 11.5 Å². The van der Waals surface area contributed by atoms with Crippen molar-refractivity contribution in [1.82, 2.24) is 14.8 Å². The molecule has 0 aliphatic carbocycles. The summed E-state index contributed by atoms with van der Waals surface area (Å²) >= 11 is 1.38. The van der Waals surface area contributed by atoms with Crippen LogP contribution in [-0.2, 0) is 7.05 Å². The molecule has 1 aromatic carbocycles. The van der Waals surface area contributed by atoms with Crippen LogP contribution in [0.2, 0.25) is 0 Å². The molecule has 0 bridgehead atoms. The van der Waals surface area contributed by atoms with E-state index in [1.807, 2.05) is 31.5 Å². The topological polar surface area (TPSA) is 70.2 Å². The molecule has 0 unspecified atom stereocenters. The van der Waals surface area contributed by atoms with Crippen LogP contribution in [0.4, 0.5) is 0 Å². The van der Waals surface area contributed by atoms with E-state index in [4.69, 9.17) is 9.15 Å². The molecule has 0 saturated carbocycles. The molecule has 0 fully saturated rings. The van der Waals surface area contributed by atoms with Crippen LogP contribution >= 0.6 is 11.8 Å². The maximum absolute atomic E-state index is 12.6. The van der Waals surface area contributed by atoms with Crippen molar-refractivity contribution in [3.05, 3.63) is 47.9 Å². The van der Waals surface area contributed by atoms with E-state index in [0.717, 1.165) is 22.9 Å². The smallest absolute Gasteiger partial charge is 0.191 e. The third kappa shape index (κ3) is 3.46. The van der Waals surface area contributed by atoms with E-state index >= 15 is 0 Å². The molecular formula is C18H19N3O3S. The van der Waals surface area contributed by atoms with E-state index < -0.39 is 0 Å². The van der Waals surface area contributed by atoms with Crippen LogP contribution in [0, 0.1) is 6.92 Å². The van der Waals surface area contributed by atoms with Gasteiger partial charge in [0.05, 0.1) is 24.2 Å². The van der Waals surface area contributed by atoms with Gasteiger partial charge >= 0.3 is 0 Å². The standard InChI is InChI=1S/C18H19N3O3S/c1-11-15(9-10-24-11)17-19-20-18(21(17)3)25-12(2)16(22)13-5-7-14(23-4)8-6-13/h5-10,12H,1-4H3/t12-/m0/s1. The second-order valence-corrected chi connectivity index (χ2v) is 6.92.